The fourth-order valence-corrected chi connectivity index (χ4v) is 3.10. The topological polar surface area (TPSA) is 24.9 Å². The summed E-state index contributed by atoms with van der Waals surface area (Å²) in [5.74, 6) is 0. The molecule has 0 unspecified atom stereocenters. The maximum Gasteiger partial charge on any atom is 0.123 e. The molecule has 21 heavy (non-hydrogen) atoms. The van der Waals surface area contributed by atoms with E-state index >= 15 is 0 Å². The molecule has 1 aromatic heterocycles. The minimum atomic E-state index is 0.648. The zero-order chi connectivity index (χ0) is 14.7. The highest BCUT2D eigenvalue weighted by Gasteiger charge is 2.04. The molecule has 0 aliphatic rings. The van der Waals surface area contributed by atoms with Crippen LogP contribution >= 0.6 is 34.5 Å². The largest absolute Gasteiger partial charge is 0.381 e. The smallest absolute Gasteiger partial charge is 0.123 e. The summed E-state index contributed by atoms with van der Waals surface area (Å²) in [7, 11) is 0. The molecule has 1 heterocycles. The summed E-state index contributed by atoms with van der Waals surface area (Å²) < 4.78 is 0. The Morgan fingerprint density at radius 3 is 2.76 bits per heavy atom. The van der Waals surface area contributed by atoms with Gasteiger partial charge in [-0.1, -0.05) is 41.4 Å². The van der Waals surface area contributed by atoms with Crippen LogP contribution in [-0.2, 0) is 6.54 Å². The van der Waals surface area contributed by atoms with Gasteiger partial charge < -0.3 is 5.32 Å². The molecule has 2 aromatic carbocycles. The molecule has 0 aliphatic carbocycles. The van der Waals surface area contributed by atoms with Crippen molar-refractivity contribution in [1.29, 1.82) is 0 Å². The molecule has 0 aliphatic heterocycles. The molecule has 0 saturated carbocycles. The van der Waals surface area contributed by atoms with Gasteiger partial charge in [0.1, 0.15) is 5.01 Å². The maximum atomic E-state index is 6.18. The van der Waals surface area contributed by atoms with Gasteiger partial charge in [-0.05, 0) is 29.8 Å². The van der Waals surface area contributed by atoms with Crippen LogP contribution in [0.15, 0.2) is 54.0 Å². The predicted octanol–water partition coefficient (Wildman–Crippen LogP) is 5.73. The van der Waals surface area contributed by atoms with E-state index in [9.17, 15) is 0 Å². The van der Waals surface area contributed by atoms with Gasteiger partial charge in [0, 0.05) is 39.4 Å². The van der Waals surface area contributed by atoms with Crippen molar-refractivity contribution in [2.24, 2.45) is 0 Å². The fraction of sp³-hybridized carbons (Fsp3) is 0.0625. The molecule has 0 saturated heterocycles. The first-order valence-corrected chi connectivity index (χ1v) is 8.04. The molecule has 3 aromatic rings. The Kier molecular flexibility index (Phi) is 4.44. The second-order valence-electron chi connectivity index (χ2n) is 4.51. The van der Waals surface area contributed by atoms with Crippen molar-refractivity contribution in [3.63, 3.8) is 0 Å². The summed E-state index contributed by atoms with van der Waals surface area (Å²) in [5.41, 5.74) is 3.16. The lowest BCUT2D eigenvalue weighted by atomic mass is 10.2. The molecule has 3 rings (SSSR count). The number of thiazole rings is 1. The lowest BCUT2D eigenvalue weighted by Crippen LogP contribution is -2.00. The van der Waals surface area contributed by atoms with Crippen molar-refractivity contribution in [1.82, 2.24) is 4.98 Å². The van der Waals surface area contributed by atoms with Crippen LogP contribution in [0.4, 0.5) is 5.69 Å². The molecule has 2 nitrogen and oxygen atoms in total. The number of hydrogen-bond donors (Lipinski definition) is 1. The van der Waals surface area contributed by atoms with E-state index in [1.807, 2.05) is 35.8 Å². The van der Waals surface area contributed by atoms with Gasteiger partial charge in [-0.15, -0.1) is 11.3 Å². The van der Waals surface area contributed by atoms with Crippen molar-refractivity contribution in [2.45, 2.75) is 6.54 Å². The molecule has 106 valence electrons. The SMILES string of the molecule is Clc1ccc(CNc2cccc(-c3nccs3)c2)c(Cl)c1. The molecule has 0 spiro atoms. The van der Waals surface area contributed by atoms with Crippen molar-refractivity contribution in [2.75, 3.05) is 5.32 Å². The second-order valence-corrected chi connectivity index (χ2v) is 6.25. The number of rotatable bonds is 4. The molecule has 0 atom stereocenters. The van der Waals surface area contributed by atoms with Crippen molar-refractivity contribution >= 4 is 40.2 Å². The molecular formula is C16H12Cl2N2S. The molecule has 0 fully saturated rings. The number of nitrogens with one attached hydrogen (secondary N) is 1. The summed E-state index contributed by atoms with van der Waals surface area (Å²) in [6.07, 6.45) is 1.81. The predicted molar refractivity (Wildman–Crippen MR) is 91.3 cm³/mol. The van der Waals surface area contributed by atoms with Crippen LogP contribution in [0.25, 0.3) is 10.6 Å². The third kappa shape index (κ3) is 3.56. The highest BCUT2D eigenvalue weighted by Crippen LogP contribution is 2.26. The number of benzene rings is 2. The van der Waals surface area contributed by atoms with Crippen molar-refractivity contribution in [3.8, 4) is 10.6 Å². The third-order valence-electron chi connectivity index (χ3n) is 3.04. The molecular weight excluding hydrogens is 323 g/mol. The first-order valence-electron chi connectivity index (χ1n) is 6.40. The van der Waals surface area contributed by atoms with Gasteiger partial charge in [-0.3, -0.25) is 0 Å². The molecule has 0 amide bonds. The Balaban J connectivity index is 1.75. The summed E-state index contributed by atoms with van der Waals surface area (Å²) in [6.45, 7) is 0.650. The van der Waals surface area contributed by atoms with Crippen LogP contribution in [0.3, 0.4) is 0 Å². The van der Waals surface area contributed by atoms with Crippen LogP contribution in [0.1, 0.15) is 5.56 Å². The highest BCUT2D eigenvalue weighted by atomic mass is 35.5. The van der Waals surface area contributed by atoms with E-state index in [1.165, 1.54) is 0 Å². The number of aromatic nitrogens is 1. The molecule has 5 heteroatoms. The van der Waals surface area contributed by atoms with Gasteiger partial charge in [0.25, 0.3) is 0 Å². The summed E-state index contributed by atoms with van der Waals surface area (Å²) in [5, 5.41) is 7.68. The Labute approximate surface area is 137 Å². The van der Waals surface area contributed by atoms with Crippen molar-refractivity contribution in [3.05, 3.63) is 69.7 Å². The molecule has 0 radical (unpaired) electrons. The van der Waals surface area contributed by atoms with Gasteiger partial charge in [-0.25, -0.2) is 4.98 Å². The van der Waals surface area contributed by atoms with Crippen LogP contribution < -0.4 is 5.32 Å². The average molecular weight is 335 g/mol. The second kappa shape index (κ2) is 6.48. The van der Waals surface area contributed by atoms with E-state index in [2.05, 4.69) is 22.4 Å². The summed E-state index contributed by atoms with van der Waals surface area (Å²) >= 11 is 13.7. The number of hydrogen-bond acceptors (Lipinski definition) is 3. The quantitative estimate of drug-likeness (QED) is 0.659. The third-order valence-corrected chi connectivity index (χ3v) is 4.45. The monoisotopic (exact) mass is 334 g/mol. The van der Waals surface area contributed by atoms with Gasteiger partial charge in [0.15, 0.2) is 0 Å². The Bertz CT molecular complexity index is 742. The van der Waals surface area contributed by atoms with Crippen molar-refractivity contribution < 1.29 is 0 Å². The maximum absolute atomic E-state index is 6.18. The van der Waals surface area contributed by atoms with E-state index in [0.717, 1.165) is 21.8 Å². The van der Waals surface area contributed by atoms with E-state index in [4.69, 9.17) is 23.2 Å². The normalized spacial score (nSPS) is 10.6. The van der Waals surface area contributed by atoms with Gasteiger partial charge >= 0.3 is 0 Å². The Morgan fingerprint density at radius 2 is 2.00 bits per heavy atom. The first-order chi connectivity index (χ1) is 10.2. The number of halogens is 2. The van der Waals surface area contributed by atoms with Crippen LogP contribution in [-0.4, -0.2) is 4.98 Å². The summed E-state index contributed by atoms with van der Waals surface area (Å²) in [6, 6.07) is 13.7. The Morgan fingerprint density at radius 1 is 1.10 bits per heavy atom. The van der Waals surface area contributed by atoms with Gasteiger partial charge in [0.05, 0.1) is 0 Å². The van der Waals surface area contributed by atoms with E-state index in [0.29, 0.717) is 16.6 Å². The number of anilines is 1. The van der Waals surface area contributed by atoms with E-state index < -0.39 is 0 Å². The van der Waals surface area contributed by atoms with Gasteiger partial charge in [-0.2, -0.15) is 0 Å². The number of nitrogens with zero attached hydrogens (tertiary/aromatic N) is 1. The minimum Gasteiger partial charge on any atom is -0.381 e. The standard InChI is InChI=1S/C16H12Cl2N2S/c17-13-5-4-12(15(18)9-13)10-20-14-3-1-2-11(8-14)16-19-6-7-21-16/h1-9,20H,10H2. The lowest BCUT2D eigenvalue weighted by molar-refractivity contribution is 1.15. The fourth-order valence-electron chi connectivity index (χ4n) is 1.99. The van der Waals surface area contributed by atoms with Crippen LogP contribution in [0.2, 0.25) is 10.0 Å². The minimum absolute atomic E-state index is 0.648. The zero-order valence-corrected chi connectivity index (χ0v) is 13.3. The van der Waals surface area contributed by atoms with Gasteiger partial charge in [0.2, 0.25) is 0 Å². The molecule has 1 N–H and O–H groups in total. The van der Waals surface area contributed by atoms with Crippen LogP contribution in [0, 0.1) is 0 Å². The summed E-state index contributed by atoms with van der Waals surface area (Å²) in [4.78, 5) is 4.32. The van der Waals surface area contributed by atoms with E-state index in [-0.39, 0.29) is 0 Å². The highest BCUT2D eigenvalue weighted by molar-refractivity contribution is 7.13. The zero-order valence-electron chi connectivity index (χ0n) is 11.0. The average Bonchev–Trinajstić information content (AvgIpc) is 3.01. The Hall–Kier alpha value is -1.55. The first kappa shape index (κ1) is 14.4. The van der Waals surface area contributed by atoms with E-state index in [1.54, 1.807) is 17.4 Å². The lowest BCUT2D eigenvalue weighted by Gasteiger charge is -2.09. The molecule has 0 bridgehead atoms. The van der Waals surface area contributed by atoms with Crippen LogP contribution in [0.5, 0.6) is 0 Å².